The van der Waals surface area contributed by atoms with Crippen LogP contribution in [0.15, 0.2) is 0 Å². The fourth-order valence-corrected chi connectivity index (χ4v) is 1.77. The monoisotopic (exact) mass is 370 g/mol. The normalized spacial score (nSPS) is 10.9. The van der Waals surface area contributed by atoms with Crippen molar-refractivity contribution in [2.75, 3.05) is 26.3 Å². The number of amides is 1. The molecule has 0 aromatic rings. The minimum Gasteiger partial charge on any atom is -0.381 e. The summed E-state index contributed by atoms with van der Waals surface area (Å²) in [5.41, 5.74) is 0. The average Bonchev–Trinajstić information content (AvgIpc) is 2.33. The zero-order valence-electron chi connectivity index (χ0n) is 11.6. The lowest BCUT2D eigenvalue weighted by atomic mass is 10.1. The number of hydrogen-bond acceptors (Lipinski definition) is 3. The number of unbranched alkanes of at least 4 members (excludes halogenated alkanes) is 1. The summed E-state index contributed by atoms with van der Waals surface area (Å²) in [4.78, 5) is 11.4. The summed E-state index contributed by atoms with van der Waals surface area (Å²) in [6.07, 6.45) is 4.62. The minimum atomic E-state index is 0.143. The van der Waals surface area contributed by atoms with E-state index in [1.54, 1.807) is 0 Å². The minimum absolute atomic E-state index is 0.143. The van der Waals surface area contributed by atoms with E-state index in [2.05, 4.69) is 45.6 Å². The Morgan fingerprint density at radius 2 is 1.89 bits per heavy atom. The van der Waals surface area contributed by atoms with Gasteiger partial charge in [-0.2, -0.15) is 0 Å². The summed E-state index contributed by atoms with van der Waals surface area (Å²) in [5.74, 6) is 0.829. The highest BCUT2D eigenvalue weighted by atomic mass is 127. The lowest BCUT2D eigenvalue weighted by Crippen LogP contribution is -2.24. The fraction of sp³-hybridized carbons (Fsp3) is 0.923. The second-order valence-corrected chi connectivity index (χ2v) is 5.60. The van der Waals surface area contributed by atoms with E-state index in [9.17, 15) is 4.79 Å². The smallest absolute Gasteiger partial charge is 0.220 e. The Labute approximate surface area is 125 Å². The molecule has 0 fully saturated rings. The molecule has 0 saturated heterocycles. The predicted molar refractivity (Wildman–Crippen MR) is 83.8 cm³/mol. The summed E-state index contributed by atoms with van der Waals surface area (Å²) in [7, 11) is 0. The molecule has 0 aliphatic carbocycles. The van der Waals surface area contributed by atoms with Crippen LogP contribution in [0.5, 0.6) is 0 Å². The Morgan fingerprint density at radius 1 is 1.17 bits per heavy atom. The summed E-state index contributed by atoms with van der Waals surface area (Å²) in [5, 5.41) is 2.93. The van der Waals surface area contributed by atoms with Gasteiger partial charge in [0.1, 0.15) is 0 Å². The Kier molecular flexibility index (Phi) is 13.6. The van der Waals surface area contributed by atoms with Crippen molar-refractivity contribution < 1.29 is 9.53 Å². The molecule has 0 bridgehead atoms. The number of nitrogens with one attached hydrogen (secondary N) is 2. The molecule has 108 valence electrons. The van der Waals surface area contributed by atoms with Crippen LogP contribution in [0.3, 0.4) is 0 Å². The molecule has 5 heteroatoms. The SMILES string of the molecule is CC(C)CCOCCCC(=O)NCCCCNI. The van der Waals surface area contributed by atoms with Crippen LogP contribution >= 0.6 is 22.9 Å². The molecule has 0 spiro atoms. The van der Waals surface area contributed by atoms with Crippen LogP contribution in [0.4, 0.5) is 0 Å². The number of halogens is 1. The Balaban J connectivity index is 3.17. The quantitative estimate of drug-likeness (QED) is 0.316. The maximum absolute atomic E-state index is 11.4. The second kappa shape index (κ2) is 13.5. The number of rotatable bonds is 12. The fourth-order valence-electron chi connectivity index (χ4n) is 1.39. The molecule has 4 nitrogen and oxygen atoms in total. The molecule has 0 atom stereocenters. The van der Waals surface area contributed by atoms with Crippen LogP contribution in [-0.2, 0) is 9.53 Å². The average molecular weight is 370 g/mol. The van der Waals surface area contributed by atoms with Gasteiger partial charge >= 0.3 is 0 Å². The van der Waals surface area contributed by atoms with Crippen molar-refractivity contribution in [3.8, 4) is 0 Å². The first-order chi connectivity index (χ1) is 8.66. The first-order valence-corrected chi connectivity index (χ1v) is 7.92. The van der Waals surface area contributed by atoms with Gasteiger partial charge in [-0.05, 0) is 31.6 Å². The first-order valence-electron chi connectivity index (χ1n) is 6.84. The highest BCUT2D eigenvalue weighted by Gasteiger charge is 2.00. The third kappa shape index (κ3) is 14.2. The van der Waals surface area contributed by atoms with Crippen LogP contribution in [-0.4, -0.2) is 32.2 Å². The summed E-state index contributed by atoms with van der Waals surface area (Å²) in [6.45, 7) is 7.65. The van der Waals surface area contributed by atoms with Crippen LogP contribution in [0, 0.1) is 5.92 Å². The number of hydrogen-bond donors (Lipinski definition) is 2. The molecule has 0 saturated carbocycles. The van der Waals surface area contributed by atoms with E-state index in [-0.39, 0.29) is 5.91 Å². The van der Waals surface area contributed by atoms with Gasteiger partial charge in [0.05, 0.1) is 0 Å². The largest absolute Gasteiger partial charge is 0.381 e. The third-order valence-corrected chi connectivity index (χ3v) is 3.09. The molecule has 0 aliphatic heterocycles. The second-order valence-electron chi connectivity index (χ2n) is 4.84. The van der Waals surface area contributed by atoms with Crippen LogP contribution < -0.4 is 8.85 Å². The van der Waals surface area contributed by atoms with Gasteiger partial charge < -0.3 is 10.1 Å². The number of carbonyl (C=O) groups excluding carboxylic acids is 1. The maximum atomic E-state index is 11.4. The topological polar surface area (TPSA) is 50.4 Å². The van der Waals surface area contributed by atoms with Crippen molar-refractivity contribution in [1.29, 1.82) is 0 Å². The van der Waals surface area contributed by atoms with Crippen molar-refractivity contribution in [3.05, 3.63) is 0 Å². The van der Waals surface area contributed by atoms with Crippen molar-refractivity contribution in [2.24, 2.45) is 5.92 Å². The molecule has 0 aliphatic rings. The molecule has 2 N–H and O–H groups in total. The Bertz CT molecular complexity index is 201. The third-order valence-electron chi connectivity index (χ3n) is 2.55. The van der Waals surface area contributed by atoms with E-state index in [0.29, 0.717) is 18.9 Å². The first kappa shape index (κ1) is 18.1. The van der Waals surface area contributed by atoms with Gasteiger partial charge in [0.25, 0.3) is 0 Å². The van der Waals surface area contributed by atoms with Gasteiger partial charge in [0.2, 0.25) is 5.91 Å². The van der Waals surface area contributed by atoms with E-state index in [4.69, 9.17) is 4.74 Å². The van der Waals surface area contributed by atoms with Gasteiger partial charge in [0.15, 0.2) is 0 Å². The van der Waals surface area contributed by atoms with Crippen molar-refractivity contribution >= 4 is 28.8 Å². The zero-order valence-corrected chi connectivity index (χ0v) is 13.8. The van der Waals surface area contributed by atoms with E-state index in [1.807, 2.05) is 0 Å². The zero-order chi connectivity index (χ0) is 13.6. The van der Waals surface area contributed by atoms with Crippen LogP contribution in [0.2, 0.25) is 0 Å². The molecule has 0 aromatic heterocycles. The molecule has 0 unspecified atom stereocenters. The van der Waals surface area contributed by atoms with E-state index < -0.39 is 0 Å². The molecule has 0 rings (SSSR count). The Hall–Kier alpha value is 0.120. The Morgan fingerprint density at radius 3 is 2.56 bits per heavy atom. The molecule has 0 heterocycles. The molecular weight excluding hydrogens is 343 g/mol. The highest BCUT2D eigenvalue weighted by Crippen LogP contribution is 2.00. The number of ether oxygens (including phenoxy) is 1. The summed E-state index contributed by atoms with van der Waals surface area (Å²) < 4.78 is 8.52. The molecule has 0 aromatic carbocycles. The van der Waals surface area contributed by atoms with Crippen molar-refractivity contribution in [3.63, 3.8) is 0 Å². The summed E-state index contributed by atoms with van der Waals surface area (Å²) >= 11 is 2.13. The van der Waals surface area contributed by atoms with Crippen molar-refractivity contribution in [2.45, 2.75) is 46.0 Å². The number of carbonyl (C=O) groups is 1. The van der Waals surface area contributed by atoms with E-state index >= 15 is 0 Å². The van der Waals surface area contributed by atoms with Gasteiger partial charge in [0, 0.05) is 55.6 Å². The molecule has 0 radical (unpaired) electrons. The lowest BCUT2D eigenvalue weighted by molar-refractivity contribution is -0.121. The molecule has 18 heavy (non-hydrogen) atoms. The molecular formula is C13H27IN2O2. The van der Waals surface area contributed by atoms with Gasteiger partial charge in [-0.1, -0.05) is 13.8 Å². The standard InChI is InChI=1S/C13H27IN2O2/c1-12(2)7-11-18-10-5-6-13(17)15-8-3-4-9-16-14/h12,16H,3-11H2,1-2H3,(H,15,17). The van der Waals surface area contributed by atoms with Gasteiger partial charge in [-0.25, -0.2) is 0 Å². The highest BCUT2D eigenvalue weighted by molar-refractivity contribution is 14.1. The predicted octanol–water partition coefficient (Wildman–Crippen LogP) is 2.67. The van der Waals surface area contributed by atoms with Crippen molar-refractivity contribution in [1.82, 2.24) is 8.85 Å². The molecule has 1 amide bonds. The van der Waals surface area contributed by atoms with Gasteiger partial charge in [-0.3, -0.25) is 8.32 Å². The van der Waals surface area contributed by atoms with Crippen LogP contribution in [0.1, 0.15) is 46.0 Å². The van der Waals surface area contributed by atoms with Gasteiger partial charge in [-0.15, -0.1) is 0 Å². The van der Waals surface area contributed by atoms with Crippen LogP contribution in [0.25, 0.3) is 0 Å². The van der Waals surface area contributed by atoms with E-state index in [1.165, 1.54) is 0 Å². The summed E-state index contributed by atoms with van der Waals surface area (Å²) in [6, 6.07) is 0. The van der Waals surface area contributed by atoms with E-state index in [0.717, 1.165) is 45.4 Å². The lowest BCUT2D eigenvalue weighted by Gasteiger charge is -2.07. The maximum Gasteiger partial charge on any atom is 0.220 e.